The van der Waals surface area contributed by atoms with Gasteiger partial charge in [0.1, 0.15) is 13.2 Å². The van der Waals surface area contributed by atoms with Crippen LogP contribution in [0.3, 0.4) is 0 Å². The molecule has 1 unspecified atom stereocenters. The lowest BCUT2D eigenvalue weighted by Gasteiger charge is -2.18. The molecular weight excluding hydrogens is 1020 g/mol. The minimum atomic E-state index is -0.782. The topological polar surface area (TPSA) is 78.9 Å². The fourth-order valence-electron chi connectivity index (χ4n) is 11.3. The molecule has 0 aromatic rings. The lowest BCUT2D eigenvalue weighted by atomic mass is 10.0. The van der Waals surface area contributed by atoms with E-state index in [-0.39, 0.29) is 31.1 Å². The van der Waals surface area contributed by atoms with E-state index in [1.54, 1.807) is 0 Å². The summed E-state index contributed by atoms with van der Waals surface area (Å²) in [6.45, 7) is 6.59. The molecule has 0 rings (SSSR count). The molecule has 0 saturated heterocycles. The third-order valence-corrected chi connectivity index (χ3v) is 16.8. The predicted octanol–water partition coefficient (Wildman–Crippen LogP) is 25.7. The van der Waals surface area contributed by atoms with Gasteiger partial charge in [0.15, 0.2) is 6.10 Å². The Labute approximate surface area is 518 Å². The van der Waals surface area contributed by atoms with Gasteiger partial charge in [-0.25, -0.2) is 0 Å². The zero-order chi connectivity index (χ0) is 59.9. The number of unbranched alkanes of at least 4 members (excludes halogenated alkanes) is 50. The van der Waals surface area contributed by atoms with Crippen molar-refractivity contribution in [3.8, 4) is 0 Å². The van der Waals surface area contributed by atoms with E-state index in [0.29, 0.717) is 19.3 Å². The second-order valence-electron chi connectivity index (χ2n) is 25.2. The van der Waals surface area contributed by atoms with E-state index in [9.17, 15) is 14.4 Å². The van der Waals surface area contributed by atoms with Crippen LogP contribution >= 0.6 is 0 Å². The molecule has 0 N–H and O–H groups in total. The molecule has 0 aliphatic carbocycles. The zero-order valence-electron chi connectivity index (χ0n) is 56.0. The zero-order valence-corrected chi connectivity index (χ0v) is 56.0. The number of hydrogen-bond acceptors (Lipinski definition) is 6. The van der Waals surface area contributed by atoms with Crippen molar-refractivity contribution in [2.45, 2.75) is 412 Å². The van der Waals surface area contributed by atoms with Gasteiger partial charge in [-0.05, 0) is 57.8 Å². The van der Waals surface area contributed by atoms with Crippen LogP contribution in [0.4, 0.5) is 0 Å². The number of carbonyl (C=O) groups excluding carboxylic acids is 3. The Morgan fingerprint density at radius 2 is 0.470 bits per heavy atom. The van der Waals surface area contributed by atoms with E-state index < -0.39 is 6.10 Å². The summed E-state index contributed by atoms with van der Waals surface area (Å²) >= 11 is 0. The summed E-state index contributed by atoms with van der Waals surface area (Å²) in [5.74, 6) is -0.868. The molecule has 0 aliphatic rings. The molecule has 0 amide bonds. The summed E-state index contributed by atoms with van der Waals surface area (Å²) in [6.07, 6.45) is 91.6. The SMILES string of the molecule is CC/C=C\C/C=C\C/C=C\C/C=C\CCCCCCC(=O)OCC(COC(=O)CCCCCCCCCCCCCCCCCCCCCCCCCC)OC(=O)CCCCCCCCCCCCCCCCCCCCCCCCCC. The van der Waals surface area contributed by atoms with Crippen LogP contribution < -0.4 is 0 Å². The van der Waals surface area contributed by atoms with Crippen molar-refractivity contribution < 1.29 is 28.6 Å². The summed E-state index contributed by atoms with van der Waals surface area (Å²) < 4.78 is 17.0. The van der Waals surface area contributed by atoms with Crippen molar-refractivity contribution in [1.82, 2.24) is 0 Å². The molecule has 6 nitrogen and oxygen atoms in total. The van der Waals surface area contributed by atoms with E-state index in [4.69, 9.17) is 14.2 Å². The first-order valence-electron chi connectivity index (χ1n) is 37.1. The van der Waals surface area contributed by atoms with Crippen LogP contribution in [0.25, 0.3) is 0 Å². The lowest BCUT2D eigenvalue weighted by molar-refractivity contribution is -0.167. The van der Waals surface area contributed by atoms with Crippen LogP contribution in [0.1, 0.15) is 406 Å². The van der Waals surface area contributed by atoms with Crippen molar-refractivity contribution in [2.24, 2.45) is 0 Å². The number of hydrogen-bond donors (Lipinski definition) is 0. The van der Waals surface area contributed by atoms with Crippen molar-refractivity contribution in [3.05, 3.63) is 48.6 Å². The molecule has 0 spiro atoms. The van der Waals surface area contributed by atoms with E-state index >= 15 is 0 Å². The molecule has 0 heterocycles. The minimum Gasteiger partial charge on any atom is -0.462 e. The number of carbonyl (C=O) groups is 3. The maximum absolute atomic E-state index is 13.0. The summed E-state index contributed by atoms with van der Waals surface area (Å²) in [7, 11) is 0. The van der Waals surface area contributed by atoms with Crippen LogP contribution in [0.2, 0.25) is 0 Å². The third kappa shape index (κ3) is 70.0. The number of allylic oxidation sites excluding steroid dienone is 8. The molecule has 0 aromatic carbocycles. The average Bonchev–Trinajstić information content (AvgIpc) is 3.50. The highest BCUT2D eigenvalue weighted by molar-refractivity contribution is 5.71. The Kier molecular flexibility index (Phi) is 69.6. The first-order chi connectivity index (χ1) is 41.0. The molecule has 0 fully saturated rings. The molecule has 1 atom stereocenters. The Balaban J connectivity index is 4.29. The molecule has 0 aliphatic heterocycles. The highest BCUT2D eigenvalue weighted by atomic mass is 16.6. The quantitative estimate of drug-likeness (QED) is 0.0261. The van der Waals surface area contributed by atoms with Gasteiger partial charge in [0.25, 0.3) is 0 Å². The average molecular weight is 1160 g/mol. The van der Waals surface area contributed by atoms with Crippen LogP contribution in [0, 0.1) is 0 Å². The first-order valence-corrected chi connectivity index (χ1v) is 37.1. The fraction of sp³-hybridized carbons (Fsp3) is 0.857. The number of ether oxygens (including phenoxy) is 3. The van der Waals surface area contributed by atoms with E-state index in [0.717, 1.165) is 96.3 Å². The molecule has 0 saturated carbocycles. The molecule has 6 heteroatoms. The summed E-state index contributed by atoms with van der Waals surface area (Å²) in [5.41, 5.74) is 0. The second-order valence-corrected chi connectivity index (χ2v) is 25.2. The van der Waals surface area contributed by atoms with E-state index in [1.807, 2.05) is 0 Å². The molecule has 0 bridgehead atoms. The highest BCUT2D eigenvalue weighted by Gasteiger charge is 2.19. The van der Waals surface area contributed by atoms with Gasteiger partial charge in [-0.15, -0.1) is 0 Å². The normalized spacial score (nSPS) is 12.3. The van der Waals surface area contributed by atoms with Gasteiger partial charge in [0, 0.05) is 19.3 Å². The Hall–Kier alpha value is -2.63. The van der Waals surface area contributed by atoms with Crippen LogP contribution in [-0.2, 0) is 28.6 Å². The first kappa shape index (κ1) is 80.4. The maximum Gasteiger partial charge on any atom is 0.306 e. The van der Waals surface area contributed by atoms with Crippen LogP contribution in [0.5, 0.6) is 0 Å². The minimum absolute atomic E-state index is 0.0754. The van der Waals surface area contributed by atoms with Crippen LogP contribution in [0.15, 0.2) is 48.6 Å². The monoisotopic (exact) mass is 1160 g/mol. The van der Waals surface area contributed by atoms with Gasteiger partial charge in [-0.2, -0.15) is 0 Å². The molecule has 0 aromatic heterocycles. The van der Waals surface area contributed by atoms with Gasteiger partial charge in [-0.3, -0.25) is 14.4 Å². The number of esters is 3. The summed E-state index contributed by atoms with van der Waals surface area (Å²) in [5, 5.41) is 0. The summed E-state index contributed by atoms with van der Waals surface area (Å²) in [6, 6.07) is 0. The molecule has 83 heavy (non-hydrogen) atoms. The van der Waals surface area contributed by atoms with Gasteiger partial charge >= 0.3 is 17.9 Å². The van der Waals surface area contributed by atoms with Crippen molar-refractivity contribution in [1.29, 1.82) is 0 Å². The highest BCUT2D eigenvalue weighted by Crippen LogP contribution is 2.19. The van der Waals surface area contributed by atoms with Gasteiger partial charge < -0.3 is 14.2 Å². The molecule has 0 radical (unpaired) electrons. The number of rotatable bonds is 69. The standard InChI is InChI=1S/C77H142O6/c1-4-7-10-13-16-19-22-25-28-31-33-35-37-39-41-43-46-49-52-55-58-61-64-67-70-76(79)82-73-74(72-81-75(78)69-66-63-60-57-54-51-48-45-30-27-24-21-18-15-12-9-6-3)83-77(80)71-68-65-62-59-56-53-50-47-44-42-40-38-36-34-32-29-26-23-20-17-14-11-8-5-2/h9,12,18,21,27,30,48,51,74H,4-8,10-11,13-17,19-20,22-26,28-29,31-47,49-50,52-73H2,1-3H3/b12-9-,21-18-,30-27-,51-48-. The Morgan fingerprint density at radius 1 is 0.253 bits per heavy atom. The lowest BCUT2D eigenvalue weighted by Crippen LogP contribution is -2.30. The van der Waals surface area contributed by atoms with Gasteiger partial charge in [0.05, 0.1) is 0 Å². The van der Waals surface area contributed by atoms with Crippen LogP contribution in [-0.4, -0.2) is 37.2 Å². The largest absolute Gasteiger partial charge is 0.462 e. The Morgan fingerprint density at radius 3 is 0.735 bits per heavy atom. The fourth-order valence-corrected chi connectivity index (χ4v) is 11.3. The van der Waals surface area contributed by atoms with Crippen molar-refractivity contribution in [3.63, 3.8) is 0 Å². The van der Waals surface area contributed by atoms with Crippen molar-refractivity contribution in [2.75, 3.05) is 13.2 Å². The molecular formula is C77H142O6. The summed E-state index contributed by atoms with van der Waals surface area (Å²) in [4.78, 5) is 38.5. The van der Waals surface area contributed by atoms with Crippen molar-refractivity contribution >= 4 is 17.9 Å². The smallest absolute Gasteiger partial charge is 0.306 e. The molecule has 486 valence electrons. The second kappa shape index (κ2) is 71.8. The Bertz CT molecular complexity index is 1430. The van der Waals surface area contributed by atoms with E-state index in [2.05, 4.69) is 69.4 Å². The maximum atomic E-state index is 13.0. The van der Waals surface area contributed by atoms with Gasteiger partial charge in [-0.1, -0.05) is 378 Å². The van der Waals surface area contributed by atoms with Gasteiger partial charge in [0.2, 0.25) is 0 Å². The third-order valence-electron chi connectivity index (χ3n) is 16.8. The van der Waals surface area contributed by atoms with E-state index in [1.165, 1.54) is 270 Å². The predicted molar refractivity (Wildman–Crippen MR) is 362 cm³/mol.